The normalized spacial score (nSPS) is 25.5. The molecule has 2 amide bonds. The lowest BCUT2D eigenvalue weighted by atomic mass is 9.68. The monoisotopic (exact) mass is 448 g/mol. The second-order valence-corrected chi connectivity index (χ2v) is 12.7. The van der Waals surface area contributed by atoms with Crippen LogP contribution in [0.2, 0.25) is 0 Å². The number of carbonyl (C=O) groups excluding carboxylic acids is 2. The molecule has 0 aromatic heterocycles. The van der Waals surface area contributed by atoms with Gasteiger partial charge >= 0.3 is 0 Å². The van der Waals surface area contributed by atoms with Gasteiger partial charge < -0.3 is 21.3 Å². The highest BCUT2D eigenvalue weighted by atomic mass is 16.1. The number of nitrogens with one attached hydrogen (secondary N) is 4. The summed E-state index contributed by atoms with van der Waals surface area (Å²) in [6, 6.07) is 0. The van der Waals surface area contributed by atoms with Gasteiger partial charge in [0, 0.05) is 40.3 Å². The Morgan fingerprint density at radius 2 is 1.22 bits per heavy atom. The van der Waals surface area contributed by atoms with E-state index in [9.17, 15) is 9.59 Å². The molecule has 6 nitrogen and oxygen atoms in total. The maximum Gasteiger partial charge on any atom is 0.211 e. The minimum absolute atomic E-state index is 0.00782. The molecule has 6 heteroatoms. The molecule has 0 atom stereocenters. The Bertz CT molecular complexity index is 662. The van der Waals surface area contributed by atoms with Gasteiger partial charge in [0.1, 0.15) is 0 Å². The van der Waals surface area contributed by atoms with E-state index in [1.165, 1.54) is 5.57 Å². The minimum Gasteiger partial charge on any atom is -0.359 e. The average molecular weight is 449 g/mol. The number of allylic oxidation sites excluding steroid dienone is 2. The van der Waals surface area contributed by atoms with Crippen molar-refractivity contribution in [3.8, 4) is 0 Å². The van der Waals surface area contributed by atoms with Gasteiger partial charge in [-0.15, -0.1) is 0 Å². The third-order valence-corrected chi connectivity index (χ3v) is 6.94. The second kappa shape index (κ2) is 10.3. The molecule has 0 aliphatic carbocycles. The smallest absolute Gasteiger partial charge is 0.211 e. The highest BCUT2D eigenvalue weighted by molar-refractivity contribution is 5.51. The number of hydrogen-bond donors (Lipinski definition) is 4. The predicted octanol–water partition coefficient (Wildman–Crippen LogP) is 4.02. The van der Waals surface area contributed by atoms with E-state index in [1.54, 1.807) is 0 Å². The summed E-state index contributed by atoms with van der Waals surface area (Å²) in [5.41, 5.74) is 2.67. The van der Waals surface area contributed by atoms with Crippen molar-refractivity contribution < 1.29 is 9.59 Å². The topological polar surface area (TPSA) is 82.3 Å². The largest absolute Gasteiger partial charge is 0.359 e. The SMILES string of the molecule is CC1(C)CC(C(CCCCNC=O)=C(NC=O)C2CC(C)(C)NC(C)(C)C2)CC(C)(C)N1. The zero-order chi connectivity index (χ0) is 24.2. The standard InChI is InChI=1S/C26H48N4O2/c1-23(2)13-19(14-24(3,4)29-23)21(11-9-10-12-27-17-31)22(28-18-32)20-15-25(5,6)30-26(7,8)16-20/h17-20,29-30H,9-16H2,1-8H3,(H,27,31)(H,28,32). The van der Waals surface area contributed by atoms with E-state index in [4.69, 9.17) is 0 Å². The number of rotatable bonds is 10. The van der Waals surface area contributed by atoms with Crippen LogP contribution in [-0.4, -0.2) is 41.5 Å². The third kappa shape index (κ3) is 7.87. The van der Waals surface area contributed by atoms with Gasteiger partial charge in [0.2, 0.25) is 12.8 Å². The summed E-state index contributed by atoms with van der Waals surface area (Å²) >= 11 is 0. The molecule has 0 aromatic rings. The second-order valence-electron chi connectivity index (χ2n) is 12.7. The average Bonchev–Trinajstić information content (AvgIpc) is 2.58. The lowest BCUT2D eigenvalue weighted by molar-refractivity contribution is -0.110. The molecule has 2 saturated heterocycles. The van der Waals surface area contributed by atoms with Gasteiger partial charge in [-0.3, -0.25) is 9.59 Å². The highest BCUT2D eigenvalue weighted by Crippen LogP contribution is 2.43. The van der Waals surface area contributed by atoms with Crippen LogP contribution in [0.25, 0.3) is 0 Å². The van der Waals surface area contributed by atoms with Crippen LogP contribution in [0, 0.1) is 11.8 Å². The van der Waals surface area contributed by atoms with Crippen LogP contribution in [-0.2, 0) is 9.59 Å². The van der Waals surface area contributed by atoms with Crippen molar-refractivity contribution >= 4 is 12.8 Å². The first kappa shape index (κ1) is 26.8. The Hall–Kier alpha value is -1.40. The molecular weight excluding hydrogens is 400 g/mol. The van der Waals surface area contributed by atoms with Crippen molar-refractivity contribution in [1.29, 1.82) is 0 Å². The Morgan fingerprint density at radius 1 is 0.750 bits per heavy atom. The number of amides is 2. The van der Waals surface area contributed by atoms with Crippen LogP contribution in [0.5, 0.6) is 0 Å². The Kier molecular flexibility index (Phi) is 8.60. The summed E-state index contributed by atoms with van der Waals surface area (Å²) in [5.74, 6) is 0.736. The number of unbranched alkanes of at least 4 members (excludes halogenated alkanes) is 1. The van der Waals surface area contributed by atoms with Crippen molar-refractivity contribution in [3.05, 3.63) is 11.3 Å². The Balaban J connectivity index is 2.45. The lowest BCUT2D eigenvalue weighted by Crippen LogP contribution is -2.59. The van der Waals surface area contributed by atoms with Crippen LogP contribution >= 0.6 is 0 Å². The molecule has 0 unspecified atom stereocenters. The summed E-state index contributed by atoms with van der Waals surface area (Å²) in [7, 11) is 0. The first-order chi connectivity index (χ1) is 14.7. The molecule has 2 heterocycles. The zero-order valence-corrected chi connectivity index (χ0v) is 21.8. The molecule has 184 valence electrons. The van der Waals surface area contributed by atoms with Crippen molar-refractivity contribution in [2.45, 2.75) is 122 Å². The van der Waals surface area contributed by atoms with Gasteiger partial charge in [-0.25, -0.2) is 0 Å². The van der Waals surface area contributed by atoms with Crippen molar-refractivity contribution in [3.63, 3.8) is 0 Å². The quantitative estimate of drug-likeness (QED) is 0.301. The zero-order valence-electron chi connectivity index (χ0n) is 21.8. The lowest BCUT2D eigenvalue weighted by Gasteiger charge is -2.50. The molecule has 4 N–H and O–H groups in total. The fraction of sp³-hybridized carbons (Fsp3) is 0.846. The van der Waals surface area contributed by atoms with Gasteiger partial charge in [0.05, 0.1) is 0 Å². The first-order valence-electron chi connectivity index (χ1n) is 12.4. The predicted molar refractivity (Wildman–Crippen MR) is 132 cm³/mol. The molecule has 0 radical (unpaired) electrons. The fourth-order valence-electron chi connectivity index (χ4n) is 6.79. The molecule has 0 spiro atoms. The van der Waals surface area contributed by atoms with Crippen LogP contribution in [0.4, 0.5) is 0 Å². The van der Waals surface area contributed by atoms with Crippen LogP contribution in [0.3, 0.4) is 0 Å². The molecule has 0 bridgehead atoms. The molecule has 32 heavy (non-hydrogen) atoms. The molecule has 2 rings (SSSR count). The van der Waals surface area contributed by atoms with E-state index in [-0.39, 0.29) is 22.2 Å². The molecular formula is C26H48N4O2. The summed E-state index contributed by atoms with van der Waals surface area (Å²) in [5, 5.41) is 13.6. The fourth-order valence-corrected chi connectivity index (χ4v) is 6.79. The first-order valence-corrected chi connectivity index (χ1v) is 12.4. The summed E-state index contributed by atoms with van der Waals surface area (Å²) in [4.78, 5) is 22.4. The van der Waals surface area contributed by atoms with Crippen molar-refractivity contribution in [2.24, 2.45) is 11.8 Å². The number of hydrogen-bond acceptors (Lipinski definition) is 4. The molecule has 0 saturated carbocycles. The van der Waals surface area contributed by atoms with E-state index < -0.39 is 0 Å². The van der Waals surface area contributed by atoms with Gasteiger partial charge in [-0.1, -0.05) is 0 Å². The highest BCUT2D eigenvalue weighted by Gasteiger charge is 2.43. The molecule has 2 fully saturated rings. The third-order valence-electron chi connectivity index (χ3n) is 6.94. The summed E-state index contributed by atoms with van der Waals surface area (Å²) in [6.07, 6.45) is 8.66. The minimum atomic E-state index is 0.00782. The van der Waals surface area contributed by atoms with Crippen molar-refractivity contribution in [2.75, 3.05) is 6.54 Å². The van der Waals surface area contributed by atoms with Gasteiger partial charge in [-0.05, 0) is 112 Å². The maximum atomic E-state index is 11.8. The van der Waals surface area contributed by atoms with Gasteiger partial charge in [-0.2, -0.15) is 0 Å². The van der Waals surface area contributed by atoms with Gasteiger partial charge in [0.15, 0.2) is 0 Å². The molecule has 2 aliphatic rings. The van der Waals surface area contributed by atoms with Crippen LogP contribution in [0.1, 0.15) is 100 Å². The maximum absolute atomic E-state index is 11.8. The van der Waals surface area contributed by atoms with E-state index in [2.05, 4.69) is 76.7 Å². The van der Waals surface area contributed by atoms with Crippen molar-refractivity contribution in [1.82, 2.24) is 21.3 Å². The van der Waals surface area contributed by atoms with E-state index in [1.807, 2.05) is 0 Å². The van der Waals surface area contributed by atoms with Crippen LogP contribution in [0.15, 0.2) is 11.3 Å². The molecule has 2 aliphatic heterocycles. The van der Waals surface area contributed by atoms with E-state index >= 15 is 0 Å². The molecule has 0 aromatic carbocycles. The number of carbonyl (C=O) groups is 2. The summed E-state index contributed by atoms with van der Waals surface area (Å²) < 4.78 is 0. The Morgan fingerprint density at radius 3 is 1.66 bits per heavy atom. The van der Waals surface area contributed by atoms with Crippen LogP contribution < -0.4 is 21.3 Å². The van der Waals surface area contributed by atoms with E-state index in [0.717, 1.165) is 63.5 Å². The van der Waals surface area contributed by atoms with E-state index in [0.29, 0.717) is 18.4 Å². The van der Waals surface area contributed by atoms with Gasteiger partial charge in [0.25, 0.3) is 0 Å². The number of piperidine rings is 2. The Labute approximate surface area is 196 Å². The summed E-state index contributed by atoms with van der Waals surface area (Å²) in [6.45, 7) is 18.9.